The Balaban J connectivity index is 0.838. The molecule has 30 atom stereocenters. The Bertz CT molecular complexity index is 2500. The third kappa shape index (κ3) is 18.4. The number of ether oxygens (including phenoxy) is 12. The van der Waals surface area contributed by atoms with E-state index in [0.29, 0.717) is 51.4 Å². The molecule has 4 saturated carbocycles. The zero-order valence-corrected chi connectivity index (χ0v) is 51.2. The third-order valence-corrected chi connectivity index (χ3v) is 19.5. The molecule has 5 heterocycles. The molecule has 0 aromatic carbocycles. The van der Waals surface area contributed by atoms with Gasteiger partial charge in [0.1, 0.15) is 130 Å². The quantitative estimate of drug-likeness (QED) is 0.0207. The minimum Gasteiger partial charge on any atom is -0.481 e. The van der Waals surface area contributed by atoms with Crippen LogP contribution in [-0.4, -0.2) is 326 Å². The first-order valence-electron chi connectivity index (χ1n) is 32.1. The van der Waals surface area contributed by atoms with Crippen molar-refractivity contribution in [1.29, 1.82) is 0 Å². The first-order chi connectivity index (χ1) is 44.7. The Hall–Kier alpha value is -3.68. The van der Waals surface area contributed by atoms with E-state index in [1.807, 2.05) is 0 Å². The fourth-order valence-electron chi connectivity index (χ4n) is 14.0. The van der Waals surface area contributed by atoms with E-state index in [-0.39, 0.29) is 50.0 Å². The van der Waals surface area contributed by atoms with Crippen LogP contribution in [0.5, 0.6) is 0 Å². The molecular formula is C60H92O34. The van der Waals surface area contributed by atoms with Gasteiger partial charge in [-0.25, -0.2) is 9.59 Å². The maximum Gasteiger partial charge on any atom is 0.330 e. The molecule has 4 aliphatic carbocycles. The zero-order chi connectivity index (χ0) is 68.0. The normalized spacial score (nSPS) is 47.2. The molecule has 0 spiro atoms. The number of esters is 3. The van der Waals surface area contributed by atoms with E-state index >= 15 is 0 Å². The predicted octanol–water partition coefficient (Wildman–Crippen LogP) is -7.23. The van der Waals surface area contributed by atoms with Crippen molar-refractivity contribution in [2.75, 3.05) is 26.4 Å². The summed E-state index contributed by atoms with van der Waals surface area (Å²) >= 11 is 0. The Labute approximate surface area is 538 Å². The van der Waals surface area contributed by atoms with Gasteiger partial charge in [-0.05, 0) is 101 Å². The molecule has 94 heavy (non-hydrogen) atoms. The van der Waals surface area contributed by atoms with Gasteiger partial charge in [0.05, 0.1) is 61.5 Å². The standard InChI is InChI=1S/C60H92O34/c61-19-35-44(71)48(75)53(80)58(91-35)88-32-13-25(56-34(17-29-30(64)15-27(63)16-31(29)87-56)90-60-55(82)51(78)47(74)38(94-60)22-85-42(69)18-39(65)66)14-33(43(32)70)89-59-54(81)50(77)46(73)37(93-59)21-84-41(68)12-6-24-3-9-28(10-4-24)86-57-52(79)49(76)45(72)36(92-57)20-83-40(67)11-5-23-1-7-26(62)8-2-23/h5-6,11-12,23-38,43-64,70-82H,1-4,7-10,13-22H2,(H,65,66). The summed E-state index contributed by atoms with van der Waals surface area (Å²) in [5.41, 5.74) is 0. The molecule has 0 radical (unpaired) electrons. The number of hydrogen-bond acceptors (Lipinski definition) is 33. The average molecular weight is 1360 g/mol. The lowest BCUT2D eigenvalue weighted by Gasteiger charge is -2.52. The van der Waals surface area contributed by atoms with E-state index in [9.17, 15) is 106 Å². The molecule has 0 bridgehead atoms. The molecule has 34 heteroatoms. The lowest BCUT2D eigenvalue weighted by Crippen LogP contribution is -2.64. The monoisotopic (exact) mass is 1360 g/mol. The molecule has 34 nitrogen and oxygen atoms in total. The largest absolute Gasteiger partial charge is 0.481 e. The van der Waals surface area contributed by atoms with Crippen LogP contribution in [0.4, 0.5) is 0 Å². The molecule has 5 aliphatic heterocycles. The molecule has 5 saturated heterocycles. The summed E-state index contributed by atoms with van der Waals surface area (Å²) in [5.74, 6) is -6.23. The maximum absolute atomic E-state index is 13.2. The SMILES string of the molecule is O=C(O)CC(=O)OCC1OC(OC2CC3C(O)CC(O)CC3OC2C2CC(OC3OC(CO)C(O)C(O)C3O)C(O)C(OC3OC(COC(=O)C=CC4CCC(OC5OC(COC(=O)C=CC6CCC(O)CC6)C(O)C(O)C5O)CC4)C(O)C(O)C3O)C2)C(O)C(O)C1O. The Morgan fingerprint density at radius 1 is 0.404 bits per heavy atom. The number of carbonyl (C=O) groups is 4. The number of aliphatic hydroxyl groups excluding tert-OH is 17. The lowest BCUT2D eigenvalue weighted by molar-refractivity contribution is -0.349. The van der Waals surface area contributed by atoms with Gasteiger partial charge in [-0.15, -0.1) is 0 Å². The first kappa shape index (κ1) is 74.5. The minimum absolute atomic E-state index is 0.00841. The van der Waals surface area contributed by atoms with Crippen molar-refractivity contribution in [1.82, 2.24) is 0 Å². The van der Waals surface area contributed by atoms with Crippen molar-refractivity contribution in [3.8, 4) is 0 Å². The number of fused-ring (bicyclic) bond motifs is 1. The van der Waals surface area contributed by atoms with Gasteiger partial charge in [0.15, 0.2) is 25.2 Å². The number of carbonyl (C=O) groups excluding carboxylic acids is 3. The number of aliphatic hydroxyl groups is 17. The summed E-state index contributed by atoms with van der Waals surface area (Å²) in [7, 11) is 0. The van der Waals surface area contributed by atoms with E-state index in [4.69, 9.17) is 61.9 Å². The highest BCUT2D eigenvalue weighted by Crippen LogP contribution is 2.46. The third-order valence-electron chi connectivity index (χ3n) is 19.5. The van der Waals surface area contributed by atoms with Crippen LogP contribution in [0, 0.1) is 23.7 Å². The number of hydrogen-bond donors (Lipinski definition) is 18. The second-order valence-corrected chi connectivity index (χ2v) is 26.2. The van der Waals surface area contributed by atoms with Crippen LogP contribution >= 0.6 is 0 Å². The van der Waals surface area contributed by atoms with Crippen molar-refractivity contribution < 1.29 is 168 Å². The summed E-state index contributed by atoms with van der Waals surface area (Å²) < 4.78 is 70.2. The van der Waals surface area contributed by atoms with Crippen LogP contribution in [0.1, 0.15) is 89.9 Å². The smallest absolute Gasteiger partial charge is 0.330 e. The molecule has 0 aromatic heterocycles. The molecule has 0 aromatic rings. The summed E-state index contributed by atoms with van der Waals surface area (Å²) in [4.78, 5) is 48.9. The summed E-state index contributed by atoms with van der Waals surface area (Å²) in [6.07, 6.45) is -39.0. The summed E-state index contributed by atoms with van der Waals surface area (Å²) in [6, 6.07) is 0. The predicted molar refractivity (Wildman–Crippen MR) is 303 cm³/mol. The highest BCUT2D eigenvalue weighted by atomic mass is 16.7. The van der Waals surface area contributed by atoms with E-state index in [0.717, 1.165) is 6.08 Å². The average Bonchev–Trinajstić information content (AvgIpc) is 0.766. The van der Waals surface area contributed by atoms with Gasteiger partial charge in [0.25, 0.3) is 0 Å². The van der Waals surface area contributed by atoms with E-state index in [1.54, 1.807) is 12.2 Å². The van der Waals surface area contributed by atoms with Gasteiger partial charge in [0, 0.05) is 18.1 Å². The van der Waals surface area contributed by atoms with E-state index < -0.39 is 246 Å². The summed E-state index contributed by atoms with van der Waals surface area (Å²) in [5, 5.41) is 194. The van der Waals surface area contributed by atoms with Crippen molar-refractivity contribution in [2.24, 2.45) is 23.7 Å². The molecular weight excluding hydrogens is 1260 g/mol. The van der Waals surface area contributed by atoms with Crippen molar-refractivity contribution in [2.45, 2.75) is 274 Å². The van der Waals surface area contributed by atoms with Crippen molar-refractivity contribution >= 4 is 23.9 Å². The number of carboxylic acid groups (broad SMARTS) is 1. The van der Waals surface area contributed by atoms with Crippen molar-refractivity contribution in [3.05, 3.63) is 24.3 Å². The van der Waals surface area contributed by atoms with Gasteiger partial charge < -0.3 is 149 Å². The van der Waals surface area contributed by atoms with Gasteiger partial charge in [0.2, 0.25) is 0 Å². The highest BCUT2D eigenvalue weighted by molar-refractivity contribution is 5.90. The van der Waals surface area contributed by atoms with E-state index in [1.165, 1.54) is 6.08 Å². The lowest BCUT2D eigenvalue weighted by atomic mass is 9.72. The van der Waals surface area contributed by atoms with Gasteiger partial charge >= 0.3 is 23.9 Å². The van der Waals surface area contributed by atoms with Crippen LogP contribution in [-0.2, 0) is 76.0 Å². The van der Waals surface area contributed by atoms with Crippen LogP contribution in [0.15, 0.2) is 24.3 Å². The fourth-order valence-corrected chi connectivity index (χ4v) is 14.0. The second kappa shape index (κ2) is 33.5. The molecule has 30 unspecified atom stereocenters. The molecule has 18 N–H and O–H groups in total. The Morgan fingerprint density at radius 2 is 0.819 bits per heavy atom. The molecule has 9 rings (SSSR count). The second-order valence-electron chi connectivity index (χ2n) is 26.2. The van der Waals surface area contributed by atoms with E-state index in [2.05, 4.69) is 0 Å². The van der Waals surface area contributed by atoms with Gasteiger partial charge in [-0.1, -0.05) is 12.2 Å². The summed E-state index contributed by atoms with van der Waals surface area (Å²) in [6.45, 7) is -2.86. The topological polar surface area (TPSA) is 543 Å². The number of carboxylic acids is 1. The molecule has 0 amide bonds. The molecule has 9 aliphatic rings. The van der Waals surface area contributed by atoms with Crippen LogP contribution < -0.4 is 0 Å². The van der Waals surface area contributed by atoms with Crippen LogP contribution in [0.3, 0.4) is 0 Å². The number of allylic oxidation sites excluding steroid dienone is 2. The maximum atomic E-state index is 13.2. The van der Waals surface area contributed by atoms with Gasteiger partial charge in [-0.3, -0.25) is 9.59 Å². The Morgan fingerprint density at radius 3 is 1.28 bits per heavy atom. The Kier molecular flexibility index (Phi) is 26.5. The molecule has 9 fully saturated rings. The fraction of sp³-hybridized carbons (Fsp3) is 0.867. The number of aliphatic carboxylic acids is 1. The van der Waals surface area contributed by atoms with Crippen LogP contribution in [0.25, 0.3) is 0 Å². The van der Waals surface area contributed by atoms with Crippen LogP contribution in [0.2, 0.25) is 0 Å². The minimum atomic E-state index is -2.07. The highest BCUT2D eigenvalue weighted by Gasteiger charge is 2.56. The first-order valence-corrected chi connectivity index (χ1v) is 32.1. The van der Waals surface area contributed by atoms with Gasteiger partial charge in [-0.2, -0.15) is 0 Å². The number of rotatable bonds is 22. The molecule has 536 valence electrons. The zero-order valence-electron chi connectivity index (χ0n) is 51.2. The van der Waals surface area contributed by atoms with Crippen molar-refractivity contribution in [3.63, 3.8) is 0 Å².